The van der Waals surface area contributed by atoms with Crippen molar-refractivity contribution in [3.8, 4) is 5.75 Å². The number of anilines is 2. The number of benzene rings is 3. The first-order valence-electron chi connectivity index (χ1n) is 9.81. The van der Waals surface area contributed by atoms with E-state index in [-0.39, 0.29) is 18.4 Å². The minimum atomic E-state index is -0.310. The zero-order valence-corrected chi connectivity index (χ0v) is 21.2. The van der Waals surface area contributed by atoms with E-state index >= 15 is 0 Å². The fraction of sp³-hybridized carbons (Fsp3) is 0.0417. The Labute approximate surface area is 220 Å². The lowest BCUT2D eigenvalue weighted by molar-refractivity contribution is -0.118. The lowest BCUT2D eigenvalue weighted by Gasteiger charge is -2.15. The van der Waals surface area contributed by atoms with Crippen LogP contribution in [0, 0.1) is 0 Å². The Kier molecular flexibility index (Phi) is 7.80. The Morgan fingerprint density at radius 2 is 1.79 bits per heavy atom. The molecule has 1 N–H and O–H groups in total. The zero-order valence-electron chi connectivity index (χ0n) is 17.3. The lowest BCUT2D eigenvalue weighted by atomic mass is 10.2. The lowest BCUT2D eigenvalue weighted by Crippen LogP contribution is -2.27. The van der Waals surface area contributed by atoms with Crippen molar-refractivity contribution < 1.29 is 14.3 Å². The number of carbonyl (C=O) groups excluding carboxylic acids is 2. The van der Waals surface area contributed by atoms with Gasteiger partial charge in [-0.2, -0.15) is 0 Å². The number of hydrogen-bond donors (Lipinski definition) is 1. The summed E-state index contributed by atoms with van der Waals surface area (Å²) in [6, 6.07) is 18.7. The average Bonchev–Trinajstić information content (AvgIpc) is 3.09. The van der Waals surface area contributed by atoms with E-state index in [0.29, 0.717) is 41.4 Å². The molecule has 0 radical (unpaired) electrons. The van der Waals surface area contributed by atoms with Gasteiger partial charge in [-0.1, -0.05) is 70.9 Å². The molecule has 0 spiro atoms. The van der Waals surface area contributed by atoms with Crippen molar-refractivity contribution in [2.75, 3.05) is 16.8 Å². The van der Waals surface area contributed by atoms with Crippen LogP contribution in [0.4, 0.5) is 11.4 Å². The highest BCUT2D eigenvalue weighted by Crippen LogP contribution is 2.38. The van der Waals surface area contributed by atoms with Gasteiger partial charge in [-0.15, -0.1) is 0 Å². The van der Waals surface area contributed by atoms with Gasteiger partial charge in [0.2, 0.25) is 0 Å². The van der Waals surface area contributed by atoms with Crippen molar-refractivity contribution in [1.82, 2.24) is 0 Å². The Morgan fingerprint density at radius 1 is 1.03 bits per heavy atom. The number of ether oxygens (including phenoxy) is 1. The van der Waals surface area contributed by atoms with E-state index < -0.39 is 0 Å². The van der Waals surface area contributed by atoms with Crippen molar-refractivity contribution in [3.63, 3.8) is 0 Å². The highest BCUT2D eigenvalue weighted by molar-refractivity contribution is 8.27. The molecule has 34 heavy (non-hydrogen) atoms. The minimum Gasteiger partial charge on any atom is -0.484 e. The van der Waals surface area contributed by atoms with Gasteiger partial charge in [0.05, 0.1) is 20.6 Å². The standard InChI is InChI=1S/C24H15Cl3N2O3S2/c25-15-4-6-16(7-5-15)28-22(30)13-32-18-3-1-2-14(10-18)11-21-23(31)29(24(33)34-21)17-8-9-19(26)20(27)12-17/h1-12H,13H2,(H,28,30)/b21-11-. The van der Waals surface area contributed by atoms with Crippen LogP contribution in [0.25, 0.3) is 6.08 Å². The van der Waals surface area contributed by atoms with Crippen LogP contribution in [0.15, 0.2) is 71.6 Å². The normalized spacial score (nSPS) is 14.6. The third-order valence-corrected chi connectivity index (χ3v) is 6.90. The number of nitrogens with zero attached hydrogens (tertiary/aromatic N) is 1. The number of rotatable bonds is 6. The first-order valence-corrected chi connectivity index (χ1v) is 12.2. The van der Waals surface area contributed by atoms with Crippen molar-refractivity contribution in [3.05, 3.63) is 92.3 Å². The number of amides is 2. The second-order valence-electron chi connectivity index (χ2n) is 7.03. The maximum Gasteiger partial charge on any atom is 0.270 e. The SMILES string of the molecule is O=C(COc1cccc(/C=C2\SC(=S)N(c3ccc(Cl)c(Cl)c3)C2=O)c1)Nc1ccc(Cl)cc1. The molecule has 172 valence electrons. The maximum atomic E-state index is 13.0. The average molecular weight is 550 g/mol. The first kappa shape index (κ1) is 24.6. The van der Waals surface area contributed by atoms with E-state index in [2.05, 4.69) is 5.32 Å². The van der Waals surface area contributed by atoms with Crippen LogP contribution < -0.4 is 15.0 Å². The quantitative estimate of drug-likeness (QED) is 0.263. The summed E-state index contributed by atoms with van der Waals surface area (Å²) < 4.78 is 6.00. The van der Waals surface area contributed by atoms with Gasteiger partial charge in [-0.3, -0.25) is 14.5 Å². The molecule has 0 aliphatic carbocycles. The van der Waals surface area contributed by atoms with Crippen LogP contribution in [0.1, 0.15) is 5.56 Å². The molecule has 0 bridgehead atoms. The van der Waals surface area contributed by atoms with E-state index in [4.69, 9.17) is 51.8 Å². The molecule has 1 saturated heterocycles. The second-order valence-corrected chi connectivity index (χ2v) is 9.96. The molecule has 3 aromatic rings. The van der Waals surface area contributed by atoms with E-state index in [0.717, 1.165) is 5.56 Å². The molecule has 10 heteroatoms. The van der Waals surface area contributed by atoms with Crippen molar-refractivity contribution in [2.45, 2.75) is 0 Å². The topological polar surface area (TPSA) is 58.6 Å². The third-order valence-electron chi connectivity index (χ3n) is 4.61. The molecule has 3 aromatic carbocycles. The molecule has 1 heterocycles. The van der Waals surface area contributed by atoms with E-state index in [1.54, 1.807) is 66.7 Å². The molecule has 0 unspecified atom stereocenters. The van der Waals surface area contributed by atoms with Crippen LogP contribution in [0.5, 0.6) is 5.75 Å². The molecule has 1 fully saturated rings. The number of halogens is 3. The van der Waals surface area contributed by atoms with Crippen molar-refractivity contribution >= 4 is 92.4 Å². The molecule has 2 amide bonds. The Hall–Kier alpha value is -2.55. The highest BCUT2D eigenvalue weighted by atomic mass is 35.5. The van der Waals surface area contributed by atoms with Crippen LogP contribution in [0.3, 0.4) is 0 Å². The molecule has 0 aromatic heterocycles. The summed E-state index contributed by atoms with van der Waals surface area (Å²) in [5.74, 6) is -0.0859. The largest absolute Gasteiger partial charge is 0.484 e. The summed E-state index contributed by atoms with van der Waals surface area (Å²) in [6.45, 7) is -0.175. The van der Waals surface area contributed by atoms with Crippen LogP contribution >= 0.6 is 58.8 Å². The molecule has 1 aliphatic heterocycles. The predicted molar refractivity (Wildman–Crippen MR) is 144 cm³/mol. The summed E-state index contributed by atoms with van der Waals surface area (Å²) in [4.78, 5) is 27.0. The number of thioether (sulfide) groups is 1. The van der Waals surface area contributed by atoms with Crippen molar-refractivity contribution in [1.29, 1.82) is 0 Å². The smallest absolute Gasteiger partial charge is 0.270 e. The van der Waals surface area contributed by atoms with Crippen LogP contribution in [-0.4, -0.2) is 22.7 Å². The first-order chi connectivity index (χ1) is 16.3. The Balaban J connectivity index is 1.43. The molecular weight excluding hydrogens is 535 g/mol. The molecule has 1 aliphatic rings. The Bertz CT molecular complexity index is 1310. The van der Waals surface area contributed by atoms with Gasteiger partial charge < -0.3 is 10.1 Å². The molecule has 5 nitrogen and oxygen atoms in total. The van der Waals surface area contributed by atoms with Gasteiger partial charge in [0.25, 0.3) is 11.8 Å². The fourth-order valence-electron chi connectivity index (χ4n) is 3.04. The van der Waals surface area contributed by atoms with Gasteiger partial charge >= 0.3 is 0 Å². The van der Waals surface area contributed by atoms with Gasteiger partial charge in [-0.05, 0) is 66.2 Å². The number of thiocarbonyl (C=S) groups is 1. The van der Waals surface area contributed by atoms with Crippen LogP contribution in [-0.2, 0) is 9.59 Å². The van der Waals surface area contributed by atoms with Gasteiger partial charge in [0.1, 0.15) is 5.75 Å². The summed E-state index contributed by atoms with van der Waals surface area (Å²) in [7, 11) is 0. The maximum absolute atomic E-state index is 13.0. The summed E-state index contributed by atoms with van der Waals surface area (Å²) in [5.41, 5.74) is 1.89. The van der Waals surface area contributed by atoms with Crippen LogP contribution in [0.2, 0.25) is 15.1 Å². The molecular formula is C24H15Cl3N2O3S2. The van der Waals surface area contributed by atoms with E-state index in [9.17, 15) is 9.59 Å². The summed E-state index contributed by atoms with van der Waals surface area (Å²) >= 11 is 24.5. The third kappa shape index (κ3) is 5.92. The molecule has 0 saturated carbocycles. The number of hydrogen-bond acceptors (Lipinski definition) is 5. The fourth-order valence-corrected chi connectivity index (χ4v) is 4.76. The second kappa shape index (κ2) is 10.8. The number of carbonyl (C=O) groups is 2. The monoisotopic (exact) mass is 548 g/mol. The van der Waals surface area contributed by atoms with Gasteiger partial charge in [-0.25, -0.2) is 0 Å². The predicted octanol–water partition coefficient (Wildman–Crippen LogP) is 7.07. The van der Waals surface area contributed by atoms with Crippen molar-refractivity contribution in [2.24, 2.45) is 0 Å². The summed E-state index contributed by atoms with van der Waals surface area (Å²) in [5, 5.41) is 4.04. The van der Waals surface area contributed by atoms with Gasteiger partial charge in [0, 0.05) is 10.7 Å². The minimum absolute atomic E-state index is 0.175. The molecule has 0 atom stereocenters. The van der Waals surface area contributed by atoms with E-state index in [1.165, 1.54) is 16.7 Å². The molecule has 4 rings (SSSR count). The number of nitrogens with one attached hydrogen (secondary N) is 1. The Morgan fingerprint density at radius 3 is 2.53 bits per heavy atom. The van der Waals surface area contributed by atoms with Gasteiger partial charge in [0.15, 0.2) is 10.9 Å². The van der Waals surface area contributed by atoms with E-state index in [1.807, 2.05) is 6.07 Å². The zero-order chi connectivity index (χ0) is 24.2. The summed E-state index contributed by atoms with van der Waals surface area (Å²) in [6.07, 6.45) is 1.72. The highest BCUT2D eigenvalue weighted by Gasteiger charge is 2.33.